The first kappa shape index (κ1) is 18.6. The van der Waals surface area contributed by atoms with Gasteiger partial charge >= 0.3 is 5.97 Å². The second-order valence-corrected chi connectivity index (χ2v) is 5.59. The molecular formula is C18H18ClNO5. The van der Waals surface area contributed by atoms with Crippen molar-refractivity contribution in [1.82, 2.24) is 0 Å². The van der Waals surface area contributed by atoms with Crippen LogP contribution in [0, 0.1) is 6.92 Å². The zero-order valence-corrected chi connectivity index (χ0v) is 14.8. The summed E-state index contributed by atoms with van der Waals surface area (Å²) in [5.41, 5.74) is 1.67. The van der Waals surface area contributed by atoms with E-state index in [9.17, 15) is 9.59 Å². The van der Waals surface area contributed by atoms with E-state index in [1.807, 2.05) is 6.92 Å². The van der Waals surface area contributed by atoms with Gasteiger partial charge in [-0.1, -0.05) is 11.6 Å². The molecule has 0 aromatic heterocycles. The third-order valence-corrected chi connectivity index (χ3v) is 3.65. The van der Waals surface area contributed by atoms with Crippen LogP contribution in [0.15, 0.2) is 36.4 Å². The lowest BCUT2D eigenvalue weighted by Gasteiger charge is -2.13. The maximum Gasteiger partial charge on any atom is 0.341 e. The molecule has 1 N–H and O–H groups in total. The minimum Gasteiger partial charge on any atom is -0.497 e. The maximum atomic E-state index is 12.1. The molecule has 0 fully saturated rings. The average molecular weight is 364 g/mol. The number of benzene rings is 2. The number of anilines is 1. The monoisotopic (exact) mass is 363 g/mol. The number of ether oxygens (including phenoxy) is 3. The molecule has 0 saturated carbocycles. The lowest BCUT2D eigenvalue weighted by atomic mass is 10.2. The first-order chi connectivity index (χ1) is 11.9. The largest absolute Gasteiger partial charge is 0.497 e. The van der Waals surface area contributed by atoms with Crippen molar-refractivity contribution in [2.45, 2.75) is 6.92 Å². The molecule has 25 heavy (non-hydrogen) atoms. The molecule has 0 spiro atoms. The molecule has 0 atom stereocenters. The molecule has 2 aromatic carbocycles. The fraction of sp³-hybridized carbons (Fsp3) is 0.222. The van der Waals surface area contributed by atoms with Crippen LogP contribution >= 0.6 is 11.6 Å². The zero-order valence-electron chi connectivity index (χ0n) is 14.1. The summed E-state index contributed by atoms with van der Waals surface area (Å²) < 4.78 is 15.3. The van der Waals surface area contributed by atoms with Crippen molar-refractivity contribution in [1.29, 1.82) is 0 Å². The Morgan fingerprint density at radius 2 is 1.88 bits per heavy atom. The Morgan fingerprint density at radius 1 is 1.12 bits per heavy atom. The summed E-state index contributed by atoms with van der Waals surface area (Å²) in [5, 5.41) is 3.32. The molecule has 0 radical (unpaired) electrons. The van der Waals surface area contributed by atoms with E-state index in [-0.39, 0.29) is 23.8 Å². The topological polar surface area (TPSA) is 73.9 Å². The molecule has 2 aromatic rings. The predicted molar refractivity (Wildman–Crippen MR) is 94.6 cm³/mol. The van der Waals surface area contributed by atoms with Crippen molar-refractivity contribution in [3.63, 3.8) is 0 Å². The van der Waals surface area contributed by atoms with Crippen LogP contribution in [0.4, 0.5) is 5.69 Å². The molecule has 7 heteroatoms. The molecule has 0 bridgehead atoms. The van der Waals surface area contributed by atoms with Crippen LogP contribution in [0.2, 0.25) is 5.02 Å². The number of hydrogen-bond donors (Lipinski definition) is 1. The third-order valence-electron chi connectivity index (χ3n) is 3.42. The van der Waals surface area contributed by atoms with E-state index in [2.05, 4.69) is 5.32 Å². The number of methoxy groups -OCH3 is 2. The van der Waals surface area contributed by atoms with Gasteiger partial charge in [0, 0.05) is 16.8 Å². The number of hydrogen-bond acceptors (Lipinski definition) is 5. The Hall–Kier alpha value is -2.73. The molecule has 1 amide bonds. The van der Waals surface area contributed by atoms with Crippen LogP contribution in [0.5, 0.6) is 11.5 Å². The minimum absolute atomic E-state index is 0.203. The molecule has 0 aliphatic carbocycles. The Bertz CT molecular complexity index is 791. The van der Waals surface area contributed by atoms with Crippen LogP contribution in [0.25, 0.3) is 0 Å². The van der Waals surface area contributed by atoms with Crippen molar-refractivity contribution in [2.24, 2.45) is 0 Å². The predicted octanol–water partition coefficient (Wildman–Crippen LogP) is 3.46. The fourth-order valence-electron chi connectivity index (χ4n) is 2.12. The van der Waals surface area contributed by atoms with Crippen molar-refractivity contribution in [3.05, 3.63) is 52.5 Å². The molecule has 0 unspecified atom stereocenters. The van der Waals surface area contributed by atoms with Crippen LogP contribution in [0.1, 0.15) is 15.9 Å². The molecule has 132 valence electrons. The highest BCUT2D eigenvalue weighted by molar-refractivity contribution is 6.30. The summed E-state index contributed by atoms with van der Waals surface area (Å²) in [4.78, 5) is 23.9. The van der Waals surface area contributed by atoms with E-state index in [0.717, 1.165) is 5.56 Å². The first-order valence-electron chi connectivity index (χ1n) is 7.39. The Kier molecular flexibility index (Phi) is 6.25. The second kappa shape index (κ2) is 8.39. The lowest BCUT2D eigenvalue weighted by Crippen LogP contribution is -2.21. The summed E-state index contributed by atoms with van der Waals surface area (Å²) in [6.07, 6.45) is 0. The normalized spacial score (nSPS) is 10.1. The summed E-state index contributed by atoms with van der Waals surface area (Å²) >= 11 is 5.89. The van der Waals surface area contributed by atoms with Crippen LogP contribution in [-0.2, 0) is 9.53 Å². The third kappa shape index (κ3) is 4.87. The van der Waals surface area contributed by atoms with E-state index in [1.165, 1.54) is 26.4 Å². The van der Waals surface area contributed by atoms with Gasteiger partial charge in [-0.15, -0.1) is 0 Å². The zero-order chi connectivity index (χ0) is 18.4. The maximum absolute atomic E-state index is 12.1. The van der Waals surface area contributed by atoms with Gasteiger partial charge in [-0.05, 0) is 42.8 Å². The average Bonchev–Trinajstić information content (AvgIpc) is 2.61. The number of amides is 1. The summed E-state index contributed by atoms with van der Waals surface area (Å²) in [6, 6.07) is 9.78. The number of rotatable bonds is 6. The van der Waals surface area contributed by atoms with Gasteiger partial charge in [0.2, 0.25) is 0 Å². The Labute approximate surface area is 150 Å². The van der Waals surface area contributed by atoms with Gasteiger partial charge in [-0.2, -0.15) is 0 Å². The van der Waals surface area contributed by atoms with Crippen molar-refractivity contribution >= 4 is 29.2 Å². The number of aryl methyl sites for hydroxylation is 1. The van der Waals surface area contributed by atoms with E-state index in [0.29, 0.717) is 16.5 Å². The van der Waals surface area contributed by atoms with Crippen LogP contribution in [0.3, 0.4) is 0 Å². The first-order valence-corrected chi connectivity index (χ1v) is 7.77. The van der Waals surface area contributed by atoms with Crippen molar-refractivity contribution < 1.29 is 23.8 Å². The quantitative estimate of drug-likeness (QED) is 0.795. The highest BCUT2D eigenvalue weighted by Crippen LogP contribution is 2.26. The van der Waals surface area contributed by atoms with E-state index < -0.39 is 5.97 Å². The smallest absolute Gasteiger partial charge is 0.341 e. The van der Waals surface area contributed by atoms with Crippen LogP contribution < -0.4 is 14.8 Å². The Balaban J connectivity index is 2.09. The molecule has 0 saturated heterocycles. The molecule has 0 aliphatic rings. The van der Waals surface area contributed by atoms with E-state index in [4.69, 9.17) is 25.8 Å². The summed E-state index contributed by atoms with van der Waals surface area (Å²) in [6.45, 7) is 1.55. The van der Waals surface area contributed by atoms with Gasteiger partial charge in [0.1, 0.15) is 17.1 Å². The van der Waals surface area contributed by atoms with Gasteiger partial charge in [0.05, 0.1) is 14.2 Å². The molecule has 0 heterocycles. The fourth-order valence-corrected chi connectivity index (χ4v) is 2.35. The number of carbonyl (C=O) groups is 2. The van der Waals surface area contributed by atoms with Crippen molar-refractivity contribution in [2.75, 3.05) is 26.1 Å². The Morgan fingerprint density at radius 3 is 2.52 bits per heavy atom. The molecule has 6 nitrogen and oxygen atoms in total. The summed E-state index contributed by atoms with van der Waals surface area (Å²) in [7, 11) is 2.76. The SMILES string of the molecule is COC(=O)c1ccc(OC)cc1OCC(=O)Nc1ccc(Cl)cc1C. The number of halogens is 1. The lowest BCUT2D eigenvalue weighted by molar-refractivity contribution is -0.118. The second-order valence-electron chi connectivity index (χ2n) is 5.15. The van der Waals surface area contributed by atoms with Gasteiger partial charge in [0.25, 0.3) is 5.91 Å². The number of esters is 1. The molecule has 2 rings (SSSR count). The standard InChI is InChI=1S/C18H18ClNO5/c1-11-8-12(19)4-7-15(11)20-17(21)10-25-16-9-13(23-2)5-6-14(16)18(22)24-3/h4-9H,10H2,1-3H3,(H,20,21). The highest BCUT2D eigenvalue weighted by atomic mass is 35.5. The van der Waals surface area contributed by atoms with Gasteiger partial charge in [-0.3, -0.25) is 4.79 Å². The summed E-state index contributed by atoms with van der Waals surface area (Å²) in [5.74, 6) is -0.235. The van der Waals surface area contributed by atoms with Crippen LogP contribution in [-0.4, -0.2) is 32.7 Å². The van der Waals surface area contributed by atoms with Crippen molar-refractivity contribution in [3.8, 4) is 11.5 Å². The van der Waals surface area contributed by atoms with E-state index in [1.54, 1.807) is 24.3 Å². The minimum atomic E-state index is -0.563. The molecular weight excluding hydrogens is 346 g/mol. The van der Waals surface area contributed by atoms with Gasteiger partial charge in [0.15, 0.2) is 6.61 Å². The molecule has 0 aliphatic heterocycles. The highest BCUT2D eigenvalue weighted by Gasteiger charge is 2.16. The van der Waals surface area contributed by atoms with E-state index >= 15 is 0 Å². The number of carbonyl (C=O) groups excluding carboxylic acids is 2. The van der Waals surface area contributed by atoms with Gasteiger partial charge < -0.3 is 19.5 Å². The number of nitrogens with one attached hydrogen (secondary N) is 1. The van der Waals surface area contributed by atoms with Gasteiger partial charge in [-0.25, -0.2) is 4.79 Å².